The Balaban J connectivity index is 5.59. The summed E-state index contributed by atoms with van der Waals surface area (Å²) in [5.41, 5.74) is -1.50. The lowest BCUT2D eigenvalue weighted by Crippen LogP contribution is -2.41. The molecular weight excluding hydrogens is 332 g/mol. The summed E-state index contributed by atoms with van der Waals surface area (Å²) in [6, 6.07) is 0. The molecule has 0 saturated carbocycles. The van der Waals surface area contributed by atoms with Gasteiger partial charge in [-0.1, -0.05) is 26.3 Å². The Morgan fingerprint density at radius 3 is 1.52 bits per heavy atom. The molecule has 0 saturated heterocycles. The van der Waals surface area contributed by atoms with Crippen molar-refractivity contribution in [3.05, 3.63) is 50.3 Å². The fourth-order valence-electron chi connectivity index (χ4n) is 1.36. The summed E-state index contributed by atoms with van der Waals surface area (Å²) in [6.45, 7) is 12.0. The van der Waals surface area contributed by atoms with E-state index < -0.39 is 43.1 Å². The monoisotopic (exact) mass is 350 g/mol. The van der Waals surface area contributed by atoms with Crippen molar-refractivity contribution in [3.63, 3.8) is 0 Å². The zero-order valence-corrected chi connectivity index (χ0v) is 13.5. The maximum atomic E-state index is 11.4. The zero-order valence-electron chi connectivity index (χ0n) is 13.5. The van der Waals surface area contributed by atoms with E-state index in [0.717, 1.165) is 18.2 Å². The van der Waals surface area contributed by atoms with Crippen LogP contribution >= 0.6 is 0 Å². The van der Waals surface area contributed by atoms with Crippen molar-refractivity contribution in [2.45, 2.75) is 0 Å². The van der Waals surface area contributed by atoms with Crippen LogP contribution in [-0.4, -0.2) is 42.8 Å². The van der Waals surface area contributed by atoms with E-state index in [1.807, 2.05) is 6.11 Å². The van der Waals surface area contributed by atoms with Crippen LogP contribution in [-0.2, 0) is 33.3 Å². The van der Waals surface area contributed by atoms with Crippen LogP contribution < -0.4 is 0 Å². The van der Waals surface area contributed by atoms with Gasteiger partial charge in [0.15, 0.2) is 12.2 Å². The molecule has 0 spiro atoms. The van der Waals surface area contributed by atoms with E-state index in [4.69, 9.17) is 24.1 Å². The fraction of sp³-hybridized carbons (Fsp3) is 0.235. The first-order chi connectivity index (χ1) is 11.8. The van der Waals surface area contributed by atoms with Gasteiger partial charge in [0.25, 0.3) is 0 Å². The molecule has 0 aliphatic heterocycles. The molecule has 8 nitrogen and oxygen atoms in total. The molecule has 0 aliphatic carbocycles. The normalized spacial score (nSPS) is 9.44. The molecule has 0 aromatic rings. The van der Waals surface area contributed by atoms with Gasteiger partial charge in [0.1, 0.15) is 31.0 Å². The molecule has 0 heterocycles. The molecule has 0 fully saturated rings. The van der Waals surface area contributed by atoms with Crippen LogP contribution in [0.25, 0.3) is 0 Å². The predicted octanol–water partition coefficient (Wildman–Crippen LogP) is 0.982. The summed E-state index contributed by atoms with van der Waals surface area (Å²) in [4.78, 5) is 34.1. The van der Waals surface area contributed by atoms with Crippen molar-refractivity contribution in [3.8, 4) is 12.2 Å². The number of esters is 3. The SMILES string of the molecule is C=CC(=O)OCC(COC(=O)C=C)(COC(=O)C=C)C(=C)OC#CO. The number of aliphatic hydroxyl groups excluding tert-OH is 1. The van der Waals surface area contributed by atoms with Crippen LogP contribution in [0.2, 0.25) is 0 Å². The van der Waals surface area contributed by atoms with E-state index >= 15 is 0 Å². The third kappa shape index (κ3) is 7.56. The Morgan fingerprint density at radius 2 is 1.24 bits per heavy atom. The zero-order chi connectivity index (χ0) is 19.3. The van der Waals surface area contributed by atoms with Crippen molar-refractivity contribution in [1.29, 1.82) is 0 Å². The highest BCUT2D eigenvalue weighted by Crippen LogP contribution is 2.29. The van der Waals surface area contributed by atoms with Gasteiger partial charge in [-0.15, -0.1) is 0 Å². The molecule has 0 unspecified atom stereocenters. The molecule has 0 atom stereocenters. The Morgan fingerprint density at radius 1 is 0.880 bits per heavy atom. The van der Waals surface area contributed by atoms with Crippen LogP contribution in [0.4, 0.5) is 0 Å². The van der Waals surface area contributed by atoms with Crippen LogP contribution in [0.3, 0.4) is 0 Å². The maximum absolute atomic E-state index is 11.4. The van der Waals surface area contributed by atoms with E-state index in [1.54, 1.807) is 0 Å². The predicted molar refractivity (Wildman–Crippen MR) is 85.8 cm³/mol. The molecule has 0 aromatic heterocycles. The first kappa shape index (κ1) is 21.5. The number of hydrogen-bond donors (Lipinski definition) is 1. The van der Waals surface area contributed by atoms with Crippen molar-refractivity contribution < 1.29 is 38.4 Å². The first-order valence-electron chi connectivity index (χ1n) is 6.73. The van der Waals surface area contributed by atoms with Gasteiger partial charge in [-0.3, -0.25) is 0 Å². The Bertz CT molecular complexity index is 560. The van der Waals surface area contributed by atoms with Crippen molar-refractivity contribution in [2.24, 2.45) is 5.41 Å². The van der Waals surface area contributed by atoms with E-state index in [2.05, 4.69) is 26.3 Å². The third-order valence-electron chi connectivity index (χ3n) is 2.78. The number of ether oxygens (including phenoxy) is 4. The molecule has 0 aromatic carbocycles. The molecular formula is C17H18O8. The van der Waals surface area contributed by atoms with Crippen molar-refractivity contribution in [2.75, 3.05) is 19.8 Å². The number of carbonyl (C=O) groups excluding carboxylic acids is 3. The summed E-state index contributed by atoms with van der Waals surface area (Å²) >= 11 is 0. The molecule has 0 rings (SSSR count). The summed E-state index contributed by atoms with van der Waals surface area (Å²) in [5.74, 6) is -2.53. The van der Waals surface area contributed by atoms with Crippen LogP contribution in [0.5, 0.6) is 0 Å². The van der Waals surface area contributed by atoms with E-state index in [-0.39, 0.29) is 5.76 Å². The molecule has 134 valence electrons. The standard InChI is InChI=1S/C17H18O8/c1-5-14(19)23-10-17(11-24-15(20)6-2,12-25-16(21)7-3)13(4)22-9-8-18/h5-7,18H,1-4,10-12H2. The van der Waals surface area contributed by atoms with E-state index in [9.17, 15) is 14.4 Å². The number of carbonyl (C=O) groups is 3. The minimum Gasteiger partial charge on any atom is -0.461 e. The molecule has 25 heavy (non-hydrogen) atoms. The smallest absolute Gasteiger partial charge is 0.330 e. The summed E-state index contributed by atoms with van der Waals surface area (Å²) < 4.78 is 19.7. The largest absolute Gasteiger partial charge is 0.461 e. The Labute approximate surface area is 145 Å². The van der Waals surface area contributed by atoms with Gasteiger partial charge in [0.2, 0.25) is 0 Å². The summed E-state index contributed by atoms with van der Waals surface area (Å²) in [5, 5.41) is 8.53. The first-order valence-corrected chi connectivity index (χ1v) is 6.73. The molecule has 1 N–H and O–H groups in total. The van der Waals surface area contributed by atoms with Gasteiger partial charge in [-0.2, -0.15) is 0 Å². The molecule has 0 radical (unpaired) electrons. The number of hydrogen-bond acceptors (Lipinski definition) is 8. The van der Waals surface area contributed by atoms with Gasteiger partial charge in [-0.05, 0) is 0 Å². The topological polar surface area (TPSA) is 108 Å². The summed E-state index contributed by atoms with van der Waals surface area (Å²) in [7, 11) is 0. The van der Waals surface area contributed by atoms with Gasteiger partial charge in [0.05, 0.1) is 0 Å². The lowest BCUT2D eigenvalue weighted by Gasteiger charge is -2.31. The van der Waals surface area contributed by atoms with Gasteiger partial charge < -0.3 is 24.1 Å². The number of aliphatic hydroxyl groups is 1. The minimum absolute atomic E-state index is 0.181. The van der Waals surface area contributed by atoms with Gasteiger partial charge in [-0.25, -0.2) is 14.4 Å². The van der Waals surface area contributed by atoms with Gasteiger partial charge in [0, 0.05) is 18.2 Å². The second kappa shape index (κ2) is 11.1. The second-order valence-electron chi connectivity index (χ2n) is 4.45. The van der Waals surface area contributed by atoms with E-state index in [0.29, 0.717) is 0 Å². The maximum Gasteiger partial charge on any atom is 0.330 e. The lowest BCUT2D eigenvalue weighted by molar-refractivity contribution is -0.154. The Kier molecular flexibility index (Phi) is 9.58. The van der Waals surface area contributed by atoms with Crippen molar-refractivity contribution in [1.82, 2.24) is 0 Å². The van der Waals surface area contributed by atoms with Crippen LogP contribution in [0.1, 0.15) is 0 Å². The van der Waals surface area contributed by atoms with Crippen LogP contribution in [0, 0.1) is 17.6 Å². The molecule has 0 aliphatic rings. The molecule has 0 bridgehead atoms. The molecule has 0 amide bonds. The van der Waals surface area contributed by atoms with Crippen molar-refractivity contribution >= 4 is 17.9 Å². The number of rotatable bonds is 11. The lowest BCUT2D eigenvalue weighted by atomic mass is 9.89. The highest BCUT2D eigenvalue weighted by Gasteiger charge is 2.40. The van der Waals surface area contributed by atoms with Crippen LogP contribution in [0.15, 0.2) is 50.3 Å². The average Bonchev–Trinajstić information content (AvgIpc) is 2.64. The fourth-order valence-corrected chi connectivity index (χ4v) is 1.36. The second-order valence-corrected chi connectivity index (χ2v) is 4.45. The molecule has 8 heteroatoms. The van der Waals surface area contributed by atoms with E-state index in [1.165, 1.54) is 6.11 Å². The third-order valence-corrected chi connectivity index (χ3v) is 2.78. The summed E-state index contributed by atoms with van der Waals surface area (Å²) in [6.07, 6.45) is 6.11. The van der Waals surface area contributed by atoms with Gasteiger partial charge >= 0.3 is 17.9 Å². The highest BCUT2D eigenvalue weighted by molar-refractivity contribution is 5.82. The minimum atomic E-state index is -1.50. The average molecular weight is 350 g/mol. The quantitative estimate of drug-likeness (QED) is 0.193. The highest BCUT2D eigenvalue weighted by atomic mass is 16.6. The Hall–Kier alpha value is -3.47.